The number of aryl methyl sites for hydroxylation is 1. The SMILES string of the molecule is CCc1ccc(C(=O)C2CCCCCC2)o1. The molecule has 0 unspecified atom stereocenters. The normalized spacial score (nSPS) is 18.3. The fraction of sp³-hybridized carbons (Fsp3) is 0.643. The average molecular weight is 220 g/mol. The van der Waals surface area contributed by atoms with Gasteiger partial charge in [0.05, 0.1) is 0 Å². The van der Waals surface area contributed by atoms with Crippen molar-refractivity contribution < 1.29 is 9.21 Å². The summed E-state index contributed by atoms with van der Waals surface area (Å²) in [4.78, 5) is 12.2. The Morgan fingerprint density at radius 1 is 1.25 bits per heavy atom. The van der Waals surface area contributed by atoms with E-state index in [1.54, 1.807) is 0 Å². The summed E-state index contributed by atoms with van der Waals surface area (Å²) in [7, 11) is 0. The number of carbonyl (C=O) groups is 1. The van der Waals surface area contributed by atoms with Crippen LogP contribution in [0.2, 0.25) is 0 Å². The maximum atomic E-state index is 12.2. The van der Waals surface area contributed by atoms with Crippen LogP contribution in [-0.4, -0.2) is 5.78 Å². The zero-order chi connectivity index (χ0) is 11.4. The lowest BCUT2D eigenvalue weighted by atomic mass is 9.94. The minimum Gasteiger partial charge on any atom is -0.458 e. The smallest absolute Gasteiger partial charge is 0.201 e. The van der Waals surface area contributed by atoms with Crippen LogP contribution in [0.5, 0.6) is 0 Å². The van der Waals surface area contributed by atoms with E-state index in [1.165, 1.54) is 25.7 Å². The molecule has 1 aliphatic rings. The maximum Gasteiger partial charge on any atom is 0.201 e. The lowest BCUT2D eigenvalue weighted by Crippen LogP contribution is -2.13. The molecule has 0 radical (unpaired) electrons. The Kier molecular flexibility index (Phi) is 3.81. The van der Waals surface area contributed by atoms with Gasteiger partial charge >= 0.3 is 0 Å². The van der Waals surface area contributed by atoms with Crippen molar-refractivity contribution >= 4 is 5.78 Å². The van der Waals surface area contributed by atoms with E-state index in [2.05, 4.69) is 0 Å². The topological polar surface area (TPSA) is 30.2 Å². The summed E-state index contributed by atoms with van der Waals surface area (Å²) in [6.07, 6.45) is 7.89. The molecule has 0 amide bonds. The summed E-state index contributed by atoms with van der Waals surface area (Å²) in [5.74, 6) is 1.92. The summed E-state index contributed by atoms with van der Waals surface area (Å²) < 4.78 is 5.54. The predicted molar refractivity (Wildman–Crippen MR) is 63.6 cm³/mol. The van der Waals surface area contributed by atoms with E-state index < -0.39 is 0 Å². The summed E-state index contributed by atoms with van der Waals surface area (Å²) in [6.45, 7) is 2.04. The number of furan rings is 1. The number of ketones is 1. The molecular formula is C14H20O2. The highest BCUT2D eigenvalue weighted by atomic mass is 16.3. The lowest BCUT2D eigenvalue weighted by molar-refractivity contribution is 0.0877. The third-order valence-corrected chi connectivity index (χ3v) is 3.48. The highest BCUT2D eigenvalue weighted by Crippen LogP contribution is 2.26. The van der Waals surface area contributed by atoms with Crippen LogP contribution < -0.4 is 0 Å². The van der Waals surface area contributed by atoms with Gasteiger partial charge in [-0.05, 0) is 25.0 Å². The number of hydrogen-bond donors (Lipinski definition) is 0. The van der Waals surface area contributed by atoms with Crippen molar-refractivity contribution in [2.75, 3.05) is 0 Å². The molecule has 0 atom stereocenters. The van der Waals surface area contributed by atoms with Crippen molar-refractivity contribution in [3.05, 3.63) is 23.7 Å². The van der Waals surface area contributed by atoms with Crippen LogP contribution >= 0.6 is 0 Å². The van der Waals surface area contributed by atoms with Crippen LogP contribution in [0.4, 0.5) is 0 Å². The average Bonchev–Trinajstić information content (AvgIpc) is 2.62. The summed E-state index contributed by atoms with van der Waals surface area (Å²) in [5, 5.41) is 0. The van der Waals surface area contributed by atoms with Crippen molar-refractivity contribution in [1.82, 2.24) is 0 Å². The predicted octanol–water partition coefficient (Wildman–Crippen LogP) is 4.00. The van der Waals surface area contributed by atoms with Gasteiger partial charge in [0.1, 0.15) is 5.76 Å². The van der Waals surface area contributed by atoms with Crippen LogP contribution in [0.15, 0.2) is 16.5 Å². The van der Waals surface area contributed by atoms with Gasteiger partial charge in [-0.3, -0.25) is 4.79 Å². The van der Waals surface area contributed by atoms with Gasteiger partial charge in [-0.15, -0.1) is 0 Å². The molecule has 0 aromatic carbocycles. The number of rotatable bonds is 3. The molecule has 0 saturated heterocycles. The highest BCUT2D eigenvalue weighted by Gasteiger charge is 2.23. The molecule has 2 heteroatoms. The van der Waals surface area contributed by atoms with Crippen LogP contribution in [0.3, 0.4) is 0 Å². The second-order valence-corrected chi connectivity index (χ2v) is 4.67. The van der Waals surface area contributed by atoms with Crippen molar-refractivity contribution in [2.45, 2.75) is 51.9 Å². The molecule has 1 fully saturated rings. The van der Waals surface area contributed by atoms with Gasteiger partial charge in [0.25, 0.3) is 0 Å². The standard InChI is InChI=1S/C14H20O2/c1-2-12-9-10-13(16-12)14(15)11-7-5-3-4-6-8-11/h9-11H,2-8H2,1H3. The summed E-state index contributed by atoms with van der Waals surface area (Å²) in [6, 6.07) is 3.76. The van der Waals surface area contributed by atoms with Crippen LogP contribution in [-0.2, 0) is 6.42 Å². The molecule has 2 rings (SSSR count). The van der Waals surface area contributed by atoms with E-state index in [9.17, 15) is 4.79 Å². The van der Waals surface area contributed by atoms with Crippen LogP contribution in [0, 0.1) is 5.92 Å². The van der Waals surface area contributed by atoms with Crippen LogP contribution in [0.25, 0.3) is 0 Å². The fourth-order valence-corrected chi connectivity index (χ4v) is 2.44. The quantitative estimate of drug-likeness (QED) is 0.569. The zero-order valence-electron chi connectivity index (χ0n) is 10.00. The molecule has 1 aromatic rings. The minimum atomic E-state index is 0.207. The highest BCUT2D eigenvalue weighted by molar-refractivity contribution is 5.95. The molecule has 88 valence electrons. The zero-order valence-corrected chi connectivity index (χ0v) is 10.00. The van der Waals surface area contributed by atoms with E-state index in [0.717, 1.165) is 25.0 Å². The van der Waals surface area contributed by atoms with Crippen molar-refractivity contribution in [3.8, 4) is 0 Å². The first-order chi connectivity index (χ1) is 7.81. The van der Waals surface area contributed by atoms with Gasteiger partial charge in [-0.25, -0.2) is 0 Å². The van der Waals surface area contributed by atoms with Crippen molar-refractivity contribution in [2.24, 2.45) is 5.92 Å². The summed E-state index contributed by atoms with van der Waals surface area (Å²) >= 11 is 0. The molecule has 0 bridgehead atoms. The largest absolute Gasteiger partial charge is 0.458 e. The first-order valence-corrected chi connectivity index (χ1v) is 6.44. The third-order valence-electron chi connectivity index (χ3n) is 3.48. The summed E-state index contributed by atoms with van der Waals surface area (Å²) in [5.41, 5.74) is 0. The van der Waals surface area contributed by atoms with Crippen molar-refractivity contribution in [3.63, 3.8) is 0 Å². The van der Waals surface area contributed by atoms with Gasteiger partial charge in [0.2, 0.25) is 5.78 Å². The van der Waals surface area contributed by atoms with E-state index in [0.29, 0.717) is 5.76 Å². The van der Waals surface area contributed by atoms with E-state index in [1.807, 2.05) is 19.1 Å². The molecule has 0 spiro atoms. The molecule has 1 heterocycles. The third kappa shape index (κ3) is 2.55. The second kappa shape index (κ2) is 5.33. The Bertz CT molecular complexity index is 343. The van der Waals surface area contributed by atoms with Crippen molar-refractivity contribution in [1.29, 1.82) is 0 Å². The van der Waals surface area contributed by atoms with Gasteiger partial charge < -0.3 is 4.42 Å². The Hall–Kier alpha value is -1.05. The molecule has 0 aliphatic heterocycles. The number of hydrogen-bond acceptors (Lipinski definition) is 2. The number of Topliss-reactive ketones (excluding diaryl/α,β-unsaturated/α-hetero) is 1. The first kappa shape index (κ1) is 11.4. The molecule has 1 aliphatic carbocycles. The second-order valence-electron chi connectivity index (χ2n) is 4.67. The monoisotopic (exact) mass is 220 g/mol. The Morgan fingerprint density at radius 2 is 1.94 bits per heavy atom. The van der Waals surface area contributed by atoms with Gasteiger partial charge in [-0.1, -0.05) is 32.6 Å². The maximum absolute atomic E-state index is 12.2. The van der Waals surface area contributed by atoms with E-state index >= 15 is 0 Å². The fourth-order valence-electron chi connectivity index (χ4n) is 2.44. The Balaban J connectivity index is 2.05. The van der Waals surface area contributed by atoms with Crippen LogP contribution in [0.1, 0.15) is 61.8 Å². The molecule has 16 heavy (non-hydrogen) atoms. The lowest BCUT2D eigenvalue weighted by Gasteiger charge is -2.10. The number of carbonyl (C=O) groups excluding carboxylic acids is 1. The van der Waals surface area contributed by atoms with Gasteiger partial charge in [0, 0.05) is 12.3 Å². The molecular weight excluding hydrogens is 200 g/mol. The van der Waals surface area contributed by atoms with Gasteiger partial charge in [-0.2, -0.15) is 0 Å². The van der Waals surface area contributed by atoms with E-state index in [4.69, 9.17) is 4.42 Å². The molecule has 1 aromatic heterocycles. The molecule has 1 saturated carbocycles. The Morgan fingerprint density at radius 3 is 2.50 bits per heavy atom. The Labute approximate surface area is 97.0 Å². The first-order valence-electron chi connectivity index (χ1n) is 6.44. The van der Waals surface area contributed by atoms with Gasteiger partial charge in [0.15, 0.2) is 5.76 Å². The molecule has 0 N–H and O–H groups in total. The minimum absolute atomic E-state index is 0.207. The molecule has 2 nitrogen and oxygen atoms in total. The van der Waals surface area contributed by atoms with E-state index in [-0.39, 0.29) is 11.7 Å².